The summed E-state index contributed by atoms with van der Waals surface area (Å²) in [5.41, 5.74) is 1.17. The van der Waals surface area contributed by atoms with Gasteiger partial charge in [0.05, 0.1) is 6.33 Å². The van der Waals surface area contributed by atoms with Gasteiger partial charge in [-0.15, -0.1) is 0 Å². The molecule has 2 heterocycles. The number of carbonyl (C=O) groups excluding carboxylic acids is 1. The molecule has 1 atom stereocenters. The van der Waals surface area contributed by atoms with Gasteiger partial charge < -0.3 is 15.6 Å². The molecule has 2 aromatic rings. The summed E-state index contributed by atoms with van der Waals surface area (Å²) in [5.74, 6) is 0.557. The smallest absolute Gasteiger partial charge is 0.226 e. The van der Waals surface area contributed by atoms with Crippen LogP contribution >= 0.6 is 11.6 Å². The molecule has 108 valence electrons. The lowest BCUT2D eigenvalue weighted by Crippen LogP contribution is -2.33. The van der Waals surface area contributed by atoms with Crippen LogP contribution in [0.3, 0.4) is 0 Å². The molecule has 0 aliphatic heterocycles. The van der Waals surface area contributed by atoms with Crippen LogP contribution in [0.4, 0.5) is 5.82 Å². The maximum Gasteiger partial charge on any atom is 0.226 e. The Kier molecular flexibility index (Phi) is 4.73. The van der Waals surface area contributed by atoms with Crippen molar-refractivity contribution in [3.63, 3.8) is 0 Å². The molecule has 3 N–H and O–H groups in total. The van der Waals surface area contributed by atoms with Gasteiger partial charge in [0.25, 0.3) is 0 Å². The van der Waals surface area contributed by atoms with Gasteiger partial charge in [-0.3, -0.25) is 4.79 Å². The summed E-state index contributed by atoms with van der Waals surface area (Å²) in [6.07, 6.45) is 2.80. The van der Waals surface area contributed by atoms with Crippen molar-refractivity contribution < 1.29 is 4.79 Å². The van der Waals surface area contributed by atoms with E-state index in [0.29, 0.717) is 29.9 Å². The molecular formula is C12H17ClN6O. The molecule has 0 aliphatic rings. The number of imidazole rings is 1. The summed E-state index contributed by atoms with van der Waals surface area (Å²) >= 11 is 5.81. The highest BCUT2D eigenvalue weighted by molar-refractivity contribution is 6.28. The molecule has 0 aromatic carbocycles. The van der Waals surface area contributed by atoms with E-state index in [4.69, 9.17) is 11.6 Å². The SMILES string of the molecule is CCC(C)NC(=O)CCNc1nc(Cl)nc2nc[nH]c12. The lowest BCUT2D eigenvalue weighted by Gasteiger charge is -2.11. The predicted octanol–water partition coefficient (Wildman–Crippen LogP) is 1.72. The number of nitrogens with zero attached hydrogens (tertiary/aromatic N) is 3. The Morgan fingerprint density at radius 3 is 3.05 bits per heavy atom. The van der Waals surface area contributed by atoms with Crippen LogP contribution in [-0.2, 0) is 4.79 Å². The molecule has 1 unspecified atom stereocenters. The van der Waals surface area contributed by atoms with Crippen LogP contribution < -0.4 is 10.6 Å². The number of aromatic nitrogens is 4. The number of carbonyl (C=O) groups is 1. The van der Waals surface area contributed by atoms with E-state index in [9.17, 15) is 4.79 Å². The van der Waals surface area contributed by atoms with Crippen LogP contribution in [0.25, 0.3) is 11.2 Å². The van der Waals surface area contributed by atoms with Gasteiger partial charge in [-0.25, -0.2) is 4.98 Å². The number of hydrogen-bond acceptors (Lipinski definition) is 5. The molecule has 2 rings (SSSR count). The molecule has 0 bridgehead atoms. The Morgan fingerprint density at radius 2 is 2.30 bits per heavy atom. The van der Waals surface area contributed by atoms with Gasteiger partial charge in [-0.1, -0.05) is 6.92 Å². The topological polar surface area (TPSA) is 95.6 Å². The number of nitrogens with one attached hydrogen (secondary N) is 3. The van der Waals surface area contributed by atoms with Crippen LogP contribution in [0.1, 0.15) is 26.7 Å². The van der Waals surface area contributed by atoms with Crippen LogP contribution in [0.5, 0.6) is 0 Å². The Labute approximate surface area is 121 Å². The number of aromatic amines is 1. The second-order valence-electron chi connectivity index (χ2n) is 4.50. The number of anilines is 1. The highest BCUT2D eigenvalue weighted by Gasteiger charge is 2.09. The number of amides is 1. The van der Waals surface area contributed by atoms with E-state index in [1.807, 2.05) is 13.8 Å². The molecule has 0 saturated heterocycles. The Morgan fingerprint density at radius 1 is 1.50 bits per heavy atom. The molecule has 20 heavy (non-hydrogen) atoms. The van der Waals surface area contributed by atoms with E-state index in [1.165, 1.54) is 6.33 Å². The molecule has 1 amide bonds. The van der Waals surface area contributed by atoms with Crippen molar-refractivity contribution in [3.05, 3.63) is 11.6 Å². The average molecular weight is 297 g/mol. The summed E-state index contributed by atoms with van der Waals surface area (Å²) in [5, 5.41) is 6.09. The predicted molar refractivity (Wildman–Crippen MR) is 77.7 cm³/mol. The standard InChI is InChI=1S/C12H17ClN6O/c1-3-7(2)17-8(20)4-5-14-10-9-11(16-6-15-9)19-12(13)18-10/h6-7H,3-5H2,1-2H3,(H,17,20)(H2,14,15,16,18,19). The highest BCUT2D eigenvalue weighted by atomic mass is 35.5. The average Bonchev–Trinajstić information content (AvgIpc) is 2.86. The van der Waals surface area contributed by atoms with E-state index in [2.05, 4.69) is 30.6 Å². The first kappa shape index (κ1) is 14.5. The largest absolute Gasteiger partial charge is 0.368 e. The summed E-state index contributed by atoms with van der Waals surface area (Å²) in [6.45, 7) is 4.47. The minimum atomic E-state index is 0.00728. The Hall–Kier alpha value is -1.89. The maximum absolute atomic E-state index is 11.7. The number of hydrogen-bond donors (Lipinski definition) is 3. The minimum Gasteiger partial charge on any atom is -0.368 e. The monoisotopic (exact) mass is 296 g/mol. The quantitative estimate of drug-likeness (QED) is 0.706. The molecular weight excluding hydrogens is 280 g/mol. The third-order valence-electron chi connectivity index (χ3n) is 2.92. The van der Waals surface area contributed by atoms with Gasteiger partial charge in [-0.05, 0) is 24.9 Å². The first-order chi connectivity index (χ1) is 9.60. The zero-order valence-corrected chi connectivity index (χ0v) is 12.2. The zero-order chi connectivity index (χ0) is 14.5. The number of fused-ring (bicyclic) bond motifs is 1. The molecule has 0 aliphatic carbocycles. The molecule has 0 spiro atoms. The van der Waals surface area contributed by atoms with Gasteiger partial charge in [-0.2, -0.15) is 9.97 Å². The molecule has 0 radical (unpaired) electrons. The van der Waals surface area contributed by atoms with E-state index in [0.717, 1.165) is 6.42 Å². The Bertz CT molecular complexity index is 599. The van der Waals surface area contributed by atoms with Crippen LogP contribution in [-0.4, -0.2) is 38.4 Å². The van der Waals surface area contributed by atoms with Crippen LogP contribution in [0, 0.1) is 0 Å². The molecule has 8 heteroatoms. The first-order valence-corrected chi connectivity index (χ1v) is 6.87. The van der Waals surface area contributed by atoms with E-state index >= 15 is 0 Å². The van der Waals surface area contributed by atoms with Crippen molar-refractivity contribution in [2.75, 3.05) is 11.9 Å². The normalized spacial score (nSPS) is 12.3. The van der Waals surface area contributed by atoms with Gasteiger partial charge in [0, 0.05) is 19.0 Å². The third kappa shape index (κ3) is 3.57. The second-order valence-corrected chi connectivity index (χ2v) is 4.83. The lowest BCUT2D eigenvalue weighted by atomic mass is 10.2. The van der Waals surface area contributed by atoms with Crippen molar-refractivity contribution in [1.29, 1.82) is 0 Å². The number of halogens is 1. The summed E-state index contributed by atoms with van der Waals surface area (Å²) in [7, 11) is 0. The molecule has 2 aromatic heterocycles. The van der Waals surface area contributed by atoms with Crippen molar-refractivity contribution in [2.45, 2.75) is 32.7 Å². The highest BCUT2D eigenvalue weighted by Crippen LogP contribution is 2.18. The maximum atomic E-state index is 11.7. The molecule has 0 saturated carbocycles. The fourth-order valence-electron chi connectivity index (χ4n) is 1.68. The number of H-pyrrole nitrogens is 1. The van der Waals surface area contributed by atoms with Gasteiger partial charge >= 0.3 is 0 Å². The van der Waals surface area contributed by atoms with Gasteiger partial charge in [0.1, 0.15) is 5.52 Å². The lowest BCUT2D eigenvalue weighted by molar-refractivity contribution is -0.121. The third-order valence-corrected chi connectivity index (χ3v) is 3.09. The first-order valence-electron chi connectivity index (χ1n) is 6.50. The Balaban J connectivity index is 1.93. The number of rotatable bonds is 6. The van der Waals surface area contributed by atoms with Crippen molar-refractivity contribution in [2.24, 2.45) is 0 Å². The second kappa shape index (κ2) is 6.51. The molecule has 0 fully saturated rings. The van der Waals surface area contributed by atoms with E-state index in [1.54, 1.807) is 0 Å². The van der Waals surface area contributed by atoms with Gasteiger partial charge in [0.15, 0.2) is 11.5 Å². The van der Waals surface area contributed by atoms with Gasteiger partial charge in [0.2, 0.25) is 11.2 Å². The zero-order valence-electron chi connectivity index (χ0n) is 11.4. The van der Waals surface area contributed by atoms with E-state index < -0.39 is 0 Å². The van der Waals surface area contributed by atoms with E-state index in [-0.39, 0.29) is 17.2 Å². The molecule has 7 nitrogen and oxygen atoms in total. The minimum absolute atomic E-state index is 0.00728. The summed E-state index contributed by atoms with van der Waals surface area (Å²) in [4.78, 5) is 26.7. The van der Waals surface area contributed by atoms with Crippen LogP contribution in [0.15, 0.2) is 6.33 Å². The fourth-order valence-corrected chi connectivity index (χ4v) is 1.84. The van der Waals surface area contributed by atoms with Crippen molar-refractivity contribution >= 4 is 34.5 Å². The fraction of sp³-hybridized carbons (Fsp3) is 0.500. The van der Waals surface area contributed by atoms with Crippen LogP contribution in [0.2, 0.25) is 5.28 Å². The van der Waals surface area contributed by atoms with Crippen molar-refractivity contribution in [1.82, 2.24) is 25.3 Å². The van der Waals surface area contributed by atoms with Crippen molar-refractivity contribution in [3.8, 4) is 0 Å². The summed E-state index contributed by atoms with van der Waals surface area (Å²) < 4.78 is 0. The summed E-state index contributed by atoms with van der Waals surface area (Å²) in [6, 6.07) is 0.190.